The Morgan fingerprint density at radius 1 is 1.38 bits per heavy atom. The van der Waals surface area contributed by atoms with Crippen molar-refractivity contribution in [3.63, 3.8) is 0 Å². The van der Waals surface area contributed by atoms with Gasteiger partial charge in [-0.1, -0.05) is 25.1 Å². The number of fused-ring (bicyclic) bond motifs is 1. The first-order valence-corrected chi connectivity index (χ1v) is 7.73. The van der Waals surface area contributed by atoms with Gasteiger partial charge in [0.1, 0.15) is 12.4 Å². The summed E-state index contributed by atoms with van der Waals surface area (Å²) in [6.45, 7) is 6.83. The highest BCUT2D eigenvalue weighted by Crippen LogP contribution is 2.24. The Balaban J connectivity index is 1.59. The van der Waals surface area contributed by atoms with Crippen LogP contribution in [-0.2, 0) is 19.5 Å². The normalized spacial score (nSPS) is 17.3. The van der Waals surface area contributed by atoms with Crippen molar-refractivity contribution in [2.75, 3.05) is 6.61 Å². The number of aromatic nitrogens is 2. The zero-order valence-electron chi connectivity index (χ0n) is 12.8. The smallest absolute Gasteiger partial charge is 0.122 e. The Morgan fingerprint density at radius 3 is 3.10 bits per heavy atom. The largest absolute Gasteiger partial charge is 0.492 e. The predicted molar refractivity (Wildman–Crippen MR) is 83.5 cm³/mol. The zero-order valence-corrected chi connectivity index (χ0v) is 12.8. The zero-order chi connectivity index (χ0) is 14.7. The molecule has 4 heteroatoms. The molecule has 4 nitrogen and oxygen atoms in total. The van der Waals surface area contributed by atoms with E-state index in [9.17, 15) is 0 Å². The molecule has 0 aliphatic carbocycles. The van der Waals surface area contributed by atoms with Gasteiger partial charge in [-0.05, 0) is 31.4 Å². The van der Waals surface area contributed by atoms with E-state index in [0.717, 1.165) is 44.0 Å². The highest BCUT2D eigenvalue weighted by Gasteiger charge is 2.19. The van der Waals surface area contributed by atoms with Crippen molar-refractivity contribution in [2.24, 2.45) is 0 Å². The highest BCUT2D eigenvalue weighted by molar-refractivity contribution is 5.35. The van der Waals surface area contributed by atoms with Gasteiger partial charge in [0, 0.05) is 30.9 Å². The third kappa shape index (κ3) is 3.27. The summed E-state index contributed by atoms with van der Waals surface area (Å²) in [5.74, 6) is 1.03. The minimum atomic E-state index is 0.369. The molecule has 0 radical (unpaired) electrons. The van der Waals surface area contributed by atoms with E-state index < -0.39 is 0 Å². The van der Waals surface area contributed by atoms with Gasteiger partial charge in [-0.3, -0.25) is 4.68 Å². The number of ether oxygens (including phenoxy) is 1. The van der Waals surface area contributed by atoms with Crippen molar-refractivity contribution in [3.8, 4) is 5.75 Å². The second-order valence-electron chi connectivity index (χ2n) is 5.70. The van der Waals surface area contributed by atoms with Crippen LogP contribution in [0.5, 0.6) is 5.75 Å². The van der Waals surface area contributed by atoms with Crippen molar-refractivity contribution < 1.29 is 4.74 Å². The molecule has 0 saturated heterocycles. The Kier molecular flexibility index (Phi) is 4.25. The molecule has 112 valence electrons. The fraction of sp³-hybridized carbons (Fsp3) is 0.471. The second-order valence-corrected chi connectivity index (χ2v) is 5.70. The number of nitrogens with zero attached hydrogens (tertiary/aromatic N) is 2. The Hall–Kier alpha value is -1.81. The number of para-hydroxylation sites is 1. The first-order valence-electron chi connectivity index (χ1n) is 7.73. The van der Waals surface area contributed by atoms with Crippen molar-refractivity contribution in [1.29, 1.82) is 0 Å². The molecule has 0 bridgehead atoms. The lowest BCUT2D eigenvalue weighted by Gasteiger charge is -2.26. The van der Waals surface area contributed by atoms with Gasteiger partial charge in [0.15, 0.2) is 0 Å². The van der Waals surface area contributed by atoms with Gasteiger partial charge in [0.2, 0.25) is 0 Å². The van der Waals surface area contributed by atoms with Crippen LogP contribution in [0, 0.1) is 6.92 Å². The summed E-state index contributed by atoms with van der Waals surface area (Å²) in [5.41, 5.74) is 3.69. The van der Waals surface area contributed by atoms with Crippen LogP contribution < -0.4 is 10.1 Å². The molecular weight excluding hydrogens is 262 g/mol. The van der Waals surface area contributed by atoms with Gasteiger partial charge in [-0.15, -0.1) is 0 Å². The van der Waals surface area contributed by atoms with E-state index in [1.54, 1.807) is 0 Å². The van der Waals surface area contributed by atoms with Crippen molar-refractivity contribution in [2.45, 2.75) is 45.8 Å². The topological polar surface area (TPSA) is 39.1 Å². The van der Waals surface area contributed by atoms with E-state index in [1.165, 1.54) is 11.1 Å². The molecule has 1 unspecified atom stereocenters. The van der Waals surface area contributed by atoms with E-state index in [2.05, 4.69) is 42.6 Å². The summed E-state index contributed by atoms with van der Waals surface area (Å²) >= 11 is 0. The maximum absolute atomic E-state index is 5.82. The number of benzene rings is 1. The first-order chi connectivity index (χ1) is 10.3. The quantitative estimate of drug-likeness (QED) is 0.918. The Bertz CT molecular complexity index is 606. The lowest BCUT2D eigenvalue weighted by molar-refractivity contribution is 0.238. The molecule has 0 fully saturated rings. The summed E-state index contributed by atoms with van der Waals surface area (Å²) in [6.07, 6.45) is 4.29. The summed E-state index contributed by atoms with van der Waals surface area (Å²) in [7, 11) is 0. The molecule has 0 amide bonds. The van der Waals surface area contributed by atoms with Crippen LogP contribution in [0.25, 0.3) is 0 Å². The lowest BCUT2D eigenvalue weighted by Crippen LogP contribution is -2.38. The number of rotatable bonds is 5. The number of hydrogen-bond acceptors (Lipinski definition) is 3. The summed E-state index contributed by atoms with van der Waals surface area (Å²) in [5, 5.41) is 8.14. The SMILES string of the molecule is CCCn1cc(CNC2COc3ccccc3C2)c(C)n1. The first kappa shape index (κ1) is 14.1. The Labute approximate surface area is 126 Å². The molecule has 1 aliphatic rings. The third-order valence-electron chi connectivity index (χ3n) is 3.96. The maximum atomic E-state index is 5.82. The molecule has 2 aromatic rings. The molecule has 21 heavy (non-hydrogen) atoms. The van der Waals surface area contributed by atoms with E-state index in [-0.39, 0.29) is 0 Å². The summed E-state index contributed by atoms with van der Waals surface area (Å²) in [4.78, 5) is 0. The minimum Gasteiger partial charge on any atom is -0.492 e. The average molecular weight is 285 g/mol. The molecule has 0 saturated carbocycles. The van der Waals surface area contributed by atoms with E-state index in [0.29, 0.717) is 6.04 Å². The van der Waals surface area contributed by atoms with Crippen molar-refractivity contribution in [3.05, 3.63) is 47.3 Å². The minimum absolute atomic E-state index is 0.369. The number of aryl methyl sites for hydroxylation is 2. The van der Waals surface area contributed by atoms with Crippen LogP contribution >= 0.6 is 0 Å². The number of nitrogens with one attached hydrogen (secondary N) is 1. The standard InChI is InChI=1S/C17H23N3O/c1-3-8-20-11-15(13(2)19-20)10-18-16-9-14-6-4-5-7-17(14)21-12-16/h4-7,11,16,18H,3,8-10,12H2,1-2H3. The fourth-order valence-electron chi connectivity index (χ4n) is 2.79. The maximum Gasteiger partial charge on any atom is 0.122 e. The van der Waals surface area contributed by atoms with E-state index in [4.69, 9.17) is 4.74 Å². The van der Waals surface area contributed by atoms with Crippen LogP contribution in [0.15, 0.2) is 30.5 Å². The number of hydrogen-bond donors (Lipinski definition) is 1. The van der Waals surface area contributed by atoms with Gasteiger partial charge < -0.3 is 10.1 Å². The predicted octanol–water partition coefficient (Wildman–Crippen LogP) is 2.69. The molecular formula is C17H23N3O. The molecule has 1 aromatic carbocycles. The van der Waals surface area contributed by atoms with Gasteiger partial charge >= 0.3 is 0 Å². The van der Waals surface area contributed by atoms with Crippen LogP contribution in [0.4, 0.5) is 0 Å². The molecule has 1 aromatic heterocycles. The van der Waals surface area contributed by atoms with Crippen LogP contribution in [0.1, 0.15) is 30.2 Å². The molecule has 1 atom stereocenters. The van der Waals surface area contributed by atoms with E-state index in [1.807, 2.05) is 16.8 Å². The van der Waals surface area contributed by atoms with Crippen LogP contribution in [0.3, 0.4) is 0 Å². The van der Waals surface area contributed by atoms with Gasteiger partial charge in [-0.2, -0.15) is 5.10 Å². The van der Waals surface area contributed by atoms with Crippen molar-refractivity contribution >= 4 is 0 Å². The Morgan fingerprint density at radius 2 is 2.24 bits per heavy atom. The lowest BCUT2D eigenvalue weighted by atomic mass is 10.0. The van der Waals surface area contributed by atoms with Crippen LogP contribution in [-0.4, -0.2) is 22.4 Å². The van der Waals surface area contributed by atoms with Crippen molar-refractivity contribution in [1.82, 2.24) is 15.1 Å². The third-order valence-corrected chi connectivity index (χ3v) is 3.96. The molecule has 1 aliphatic heterocycles. The van der Waals surface area contributed by atoms with Crippen LogP contribution in [0.2, 0.25) is 0 Å². The summed E-state index contributed by atoms with van der Waals surface area (Å²) in [6, 6.07) is 8.66. The van der Waals surface area contributed by atoms with Gasteiger partial charge in [0.25, 0.3) is 0 Å². The molecule has 1 N–H and O–H groups in total. The summed E-state index contributed by atoms with van der Waals surface area (Å²) < 4.78 is 7.86. The highest BCUT2D eigenvalue weighted by atomic mass is 16.5. The monoisotopic (exact) mass is 285 g/mol. The van der Waals surface area contributed by atoms with E-state index >= 15 is 0 Å². The second kappa shape index (κ2) is 6.31. The van der Waals surface area contributed by atoms with Gasteiger partial charge in [0.05, 0.1) is 5.69 Å². The molecule has 0 spiro atoms. The fourth-order valence-corrected chi connectivity index (χ4v) is 2.79. The average Bonchev–Trinajstić information content (AvgIpc) is 2.85. The molecule has 3 rings (SSSR count). The molecule has 2 heterocycles. The van der Waals surface area contributed by atoms with Gasteiger partial charge in [-0.25, -0.2) is 0 Å².